The van der Waals surface area contributed by atoms with Crippen LogP contribution in [0, 0.1) is 5.21 Å². The lowest BCUT2D eigenvalue weighted by molar-refractivity contribution is -0.596. The number of hydrogen-bond donors (Lipinski definition) is 0. The number of aromatic nitrogens is 2. The summed E-state index contributed by atoms with van der Waals surface area (Å²) in [5, 5.41) is 11.3. The van der Waals surface area contributed by atoms with Crippen LogP contribution in [0.1, 0.15) is 0 Å². The minimum atomic E-state index is 0.433. The molecule has 1 aromatic heterocycles. The lowest BCUT2D eigenvalue weighted by atomic mass is 10.2. The maximum Gasteiger partial charge on any atom is 0.333 e. The van der Waals surface area contributed by atoms with E-state index in [4.69, 9.17) is 0 Å². The SMILES string of the molecule is [O-][n+]1cccnc1-c1ccccc1. The van der Waals surface area contributed by atoms with Crippen molar-refractivity contribution in [2.45, 2.75) is 0 Å². The largest absolute Gasteiger partial charge is 0.710 e. The maximum absolute atomic E-state index is 11.3. The summed E-state index contributed by atoms with van der Waals surface area (Å²) in [4.78, 5) is 4.00. The molecule has 0 spiro atoms. The Morgan fingerprint density at radius 1 is 1.08 bits per heavy atom. The highest BCUT2D eigenvalue weighted by molar-refractivity contribution is 5.51. The van der Waals surface area contributed by atoms with E-state index in [1.807, 2.05) is 30.3 Å². The molecule has 2 rings (SSSR count). The Balaban J connectivity index is 2.54. The zero-order valence-corrected chi connectivity index (χ0v) is 6.92. The van der Waals surface area contributed by atoms with Crippen LogP contribution < -0.4 is 4.73 Å². The quantitative estimate of drug-likeness (QED) is 0.481. The first-order valence-electron chi connectivity index (χ1n) is 3.97. The van der Waals surface area contributed by atoms with Gasteiger partial charge in [0.2, 0.25) is 0 Å². The Labute approximate surface area is 75.9 Å². The monoisotopic (exact) mass is 172 g/mol. The minimum absolute atomic E-state index is 0.433. The van der Waals surface area contributed by atoms with Crippen LogP contribution in [-0.2, 0) is 0 Å². The third kappa shape index (κ3) is 1.49. The van der Waals surface area contributed by atoms with Gasteiger partial charge in [0.1, 0.15) is 6.20 Å². The zero-order chi connectivity index (χ0) is 9.10. The third-order valence-corrected chi connectivity index (χ3v) is 1.75. The van der Waals surface area contributed by atoms with Gasteiger partial charge in [0.15, 0.2) is 0 Å². The van der Waals surface area contributed by atoms with Crippen LogP contribution in [-0.4, -0.2) is 4.98 Å². The second-order valence-electron chi connectivity index (χ2n) is 2.64. The number of rotatable bonds is 1. The van der Waals surface area contributed by atoms with E-state index in [-0.39, 0.29) is 0 Å². The van der Waals surface area contributed by atoms with Gasteiger partial charge in [-0.1, -0.05) is 18.2 Å². The second kappa shape index (κ2) is 3.23. The summed E-state index contributed by atoms with van der Waals surface area (Å²) < 4.78 is 0.759. The predicted octanol–water partition coefficient (Wildman–Crippen LogP) is 1.38. The van der Waals surface area contributed by atoms with Crippen molar-refractivity contribution in [3.05, 3.63) is 54.0 Å². The summed E-state index contributed by atoms with van der Waals surface area (Å²) in [6, 6.07) is 11.0. The van der Waals surface area contributed by atoms with Gasteiger partial charge >= 0.3 is 5.82 Å². The van der Waals surface area contributed by atoms with Crippen molar-refractivity contribution < 1.29 is 4.73 Å². The Kier molecular flexibility index (Phi) is 1.92. The fourth-order valence-electron chi connectivity index (χ4n) is 1.15. The first-order valence-corrected chi connectivity index (χ1v) is 3.97. The van der Waals surface area contributed by atoms with Gasteiger partial charge < -0.3 is 5.21 Å². The normalized spacial score (nSPS) is 9.85. The van der Waals surface area contributed by atoms with Crippen LogP contribution in [0.25, 0.3) is 11.4 Å². The van der Waals surface area contributed by atoms with E-state index < -0.39 is 0 Å². The number of benzene rings is 1. The summed E-state index contributed by atoms with van der Waals surface area (Å²) in [7, 11) is 0. The summed E-state index contributed by atoms with van der Waals surface area (Å²) in [6.45, 7) is 0. The molecule has 0 saturated heterocycles. The zero-order valence-electron chi connectivity index (χ0n) is 6.92. The lowest BCUT2D eigenvalue weighted by Crippen LogP contribution is -2.29. The van der Waals surface area contributed by atoms with Crippen molar-refractivity contribution in [3.8, 4) is 11.4 Å². The topological polar surface area (TPSA) is 39.8 Å². The van der Waals surface area contributed by atoms with Gasteiger partial charge in [-0.3, -0.25) is 0 Å². The highest BCUT2D eigenvalue weighted by Gasteiger charge is 2.07. The van der Waals surface area contributed by atoms with E-state index in [0.717, 1.165) is 10.3 Å². The molecule has 0 atom stereocenters. The lowest BCUT2D eigenvalue weighted by Gasteiger charge is -2.03. The summed E-state index contributed by atoms with van der Waals surface area (Å²) in [5.74, 6) is 0.433. The molecule has 64 valence electrons. The van der Waals surface area contributed by atoms with Gasteiger partial charge in [0.25, 0.3) is 0 Å². The van der Waals surface area contributed by atoms with E-state index in [1.54, 1.807) is 12.3 Å². The van der Waals surface area contributed by atoms with E-state index in [9.17, 15) is 5.21 Å². The van der Waals surface area contributed by atoms with Crippen molar-refractivity contribution in [2.24, 2.45) is 0 Å². The Morgan fingerprint density at radius 2 is 1.85 bits per heavy atom. The van der Waals surface area contributed by atoms with Crippen LogP contribution in [0.4, 0.5) is 0 Å². The molecule has 0 N–H and O–H groups in total. The Morgan fingerprint density at radius 3 is 2.54 bits per heavy atom. The first kappa shape index (κ1) is 7.73. The molecule has 2 aromatic rings. The van der Waals surface area contributed by atoms with Gasteiger partial charge in [-0.05, 0) is 17.1 Å². The summed E-state index contributed by atoms with van der Waals surface area (Å²) >= 11 is 0. The Bertz CT molecular complexity index is 401. The molecular formula is C10H8N2O. The molecule has 0 radical (unpaired) electrons. The van der Waals surface area contributed by atoms with Gasteiger partial charge in [0, 0.05) is 6.07 Å². The predicted molar refractivity (Wildman–Crippen MR) is 48.6 cm³/mol. The van der Waals surface area contributed by atoms with Gasteiger partial charge in [-0.25, -0.2) is 4.73 Å². The van der Waals surface area contributed by atoms with Crippen LogP contribution in [0.2, 0.25) is 0 Å². The highest BCUT2D eigenvalue weighted by Crippen LogP contribution is 2.10. The molecular weight excluding hydrogens is 164 g/mol. The Hall–Kier alpha value is -1.90. The molecule has 0 amide bonds. The smallest absolute Gasteiger partial charge is 0.333 e. The molecule has 13 heavy (non-hydrogen) atoms. The van der Waals surface area contributed by atoms with E-state index >= 15 is 0 Å². The van der Waals surface area contributed by atoms with E-state index in [2.05, 4.69) is 4.98 Å². The molecule has 0 bridgehead atoms. The molecule has 1 heterocycles. The average molecular weight is 172 g/mol. The number of hydrogen-bond acceptors (Lipinski definition) is 2. The maximum atomic E-state index is 11.3. The van der Waals surface area contributed by atoms with Crippen LogP contribution in [0.5, 0.6) is 0 Å². The molecule has 3 nitrogen and oxygen atoms in total. The molecule has 0 saturated carbocycles. The highest BCUT2D eigenvalue weighted by atomic mass is 16.5. The van der Waals surface area contributed by atoms with Crippen molar-refractivity contribution in [1.29, 1.82) is 0 Å². The van der Waals surface area contributed by atoms with Crippen LogP contribution in [0.3, 0.4) is 0 Å². The van der Waals surface area contributed by atoms with Crippen LogP contribution >= 0.6 is 0 Å². The van der Waals surface area contributed by atoms with Crippen molar-refractivity contribution in [2.75, 3.05) is 0 Å². The molecule has 0 aliphatic carbocycles. The fourth-order valence-corrected chi connectivity index (χ4v) is 1.15. The molecule has 0 aliphatic heterocycles. The summed E-state index contributed by atoms with van der Waals surface area (Å²) in [5.41, 5.74) is 0.832. The van der Waals surface area contributed by atoms with Gasteiger partial charge in [0.05, 0.1) is 11.8 Å². The molecule has 1 aromatic carbocycles. The fraction of sp³-hybridized carbons (Fsp3) is 0. The van der Waals surface area contributed by atoms with Crippen LogP contribution in [0.15, 0.2) is 48.8 Å². The minimum Gasteiger partial charge on any atom is -0.710 e. The number of nitrogens with zero attached hydrogens (tertiary/aromatic N) is 2. The van der Waals surface area contributed by atoms with Crippen molar-refractivity contribution in [1.82, 2.24) is 4.98 Å². The third-order valence-electron chi connectivity index (χ3n) is 1.75. The summed E-state index contributed by atoms with van der Waals surface area (Å²) in [6.07, 6.45) is 3.05. The average Bonchev–Trinajstić information content (AvgIpc) is 2.20. The standard InChI is InChI=1S/C10H8N2O/c13-12-8-4-7-11-10(12)9-5-2-1-3-6-9/h1-8H. The van der Waals surface area contributed by atoms with Gasteiger partial charge in [-0.15, -0.1) is 0 Å². The molecule has 0 unspecified atom stereocenters. The molecule has 3 heteroatoms. The van der Waals surface area contributed by atoms with Crippen molar-refractivity contribution in [3.63, 3.8) is 0 Å². The van der Waals surface area contributed by atoms with E-state index in [1.165, 1.54) is 6.20 Å². The molecule has 0 fully saturated rings. The first-order chi connectivity index (χ1) is 6.38. The van der Waals surface area contributed by atoms with Gasteiger partial charge in [-0.2, -0.15) is 0 Å². The van der Waals surface area contributed by atoms with E-state index in [0.29, 0.717) is 5.82 Å². The van der Waals surface area contributed by atoms with Crippen molar-refractivity contribution >= 4 is 0 Å². The molecule has 0 aliphatic rings. The second-order valence-corrected chi connectivity index (χ2v) is 2.64.